The number of amidine groups is 1. The van der Waals surface area contributed by atoms with Gasteiger partial charge in [-0.3, -0.25) is 0 Å². The van der Waals surface area contributed by atoms with Crippen LogP contribution in [0, 0.1) is 0 Å². The molecule has 0 spiro atoms. The Morgan fingerprint density at radius 1 is 1.50 bits per heavy atom. The summed E-state index contributed by atoms with van der Waals surface area (Å²) in [5, 5.41) is 0.511. The number of hydrogen-bond donors (Lipinski definition) is 1. The van der Waals surface area contributed by atoms with Crippen LogP contribution in [0.3, 0.4) is 0 Å². The summed E-state index contributed by atoms with van der Waals surface area (Å²) in [7, 11) is 0. The summed E-state index contributed by atoms with van der Waals surface area (Å²) in [6.07, 6.45) is 0.0831. The summed E-state index contributed by atoms with van der Waals surface area (Å²) >= 11 is 11.6. The maximum absolute atomic E-state index is 6.03. The molecule has 16 heavy (non-hydrogen) atoms. The van der Waals surface area contributed by atoms with Gasteiger partial charge in [-0.05, 0) is 32.0 Å². The fraction of sp³-hybridized carbons (Fsp3) is 0.364. The van der Waals surface area contributed by atoms with E-state index in [1.165, 1.54) is 0 Å². The lowest BCUT2D eigenvalue weighted by atomic mass is 10.3. The number of nitrogens with two attached hydrogens (primary N) is 1. The number of aliphatic imine (C=N–C) groups is 1. The van der Waals surface area contributed by atoms with Crippen LogP contribution in [0.25, 0.3) is 0 Å². The zero-order chi connectivity index (χ0) is 12.1. The molecule has 0 saturated carbocycles. The first-order valence-corrected chi connectivity index (χ1v) is 5.79. The Kier molecular flexibility index (Phi) is 4.90. The van der Waals surface area contributed by atoms with Gasteiger partial charge in [0, 0.05) is 0 Å². The van der Waals surface area contributed by atoms with Crippen molar-refractivity contribution in [3.05, 3.63) is 23.2 Å². The zero-order valence-electron chi connectivity index (χ0n) is 9.21. The molecule has 3 nitrogen and oxygen atoms in total. The molecule has 1 aromatic rings. The highest BCUT2D eigenvalue weighted by atomic mass is 35.5. The third-order valence-electron chi connectivity index (χ3n) is 1.69. The highest BCUT2D eigenvalue weighted by Gasteiger charge is 2.04. The molecular formula is C11H14Cl2N2O. The molecule has 88 valence electrons. The van der Waals surface area contributed by atoms with Crippen LogP contribution in [-0.4, -0.2) is 17.8 Å². The average Bonchev–Trinajstić information content (AvgIpc) is 2.21. The maximum Gasteiger partial charge on any atom is 0.138 e. The largest absolute Gasteiger partial charge is 0.489 e. The van der Waals surface area contributed by atoms with E-state index in [1.807, 2.05) is 13.8 Å². The quantitative estimate of drug-likeness (QED) is 0.513. The van der Waals surface area contributed by atoms with Crippen molar-refractivity contribution in [3.63, 3.8) is 0 Å². The van der Waals surface area contributed by atoms with Crippen LogP contribution < -0.4 is 10.5 Å². The van der Waals surface area contributed by atoms with Gasteiger partial charge in [-0.25, -0.2) is 4.99 Å². The SMILES string of the molecule is CC(C)Oc1ccc(N=C(N)CCl)cc1Cl. The number of alkyl halides is 1. The molecule has 0 radical (unpaired) electrons. The lowest BCUT2D eigenvalue weighted by Crippen LogP contribution is -2.12. The Morgan fingerprint density at radius 3 is 2.69 bits per heavy atom. The number of ether oxygens (including phenoxy) is 1. The van der Waals surface area contributed by atoms with Crippen molar-refractivity contribution < 1.29 is 4.74 Å². The Balaban J connectivity index is 2.91. The minimum absolute atomic E-state index is 0.0831. The molecule has 0 fully saturated rings. The van der Waals surface area contributed by atoms with E-state index < -0.39 is 0 Å². The monoisotopic (exact) mass is 260 g/mol. The minimum Gasteiger partial charge on any atom is -0.489 e. The first-order valence-electron chi connectivity index (χ1n) is 4.88. The molecule has 0 atom stereocenters. The molecule has 1 aromatic carbocycles. The smallest absolute Gasteiger partial charge is 0.138 e. The molecule has 0 saturated heterocycles. The van der Waals surface area contributed by atoms with Crippen LogP contribution in [0.2, 0.25) is 5.02 Å². The first-order chi connectivity index (χ1) is 7.52. The van der Waals surface area contributed by atoms with Crippen molar-refractivity contribution >= 4 is 34.7 Å². The molecule has 0 bridgehead atoms. The number of benzene rings is 1. The van der Waals surface area contributed by atoms with E-state index in [-0.39, 0.29) is 12.0 Å². The summed E-state index contributed by atoms with van der Waals surface area (Å²) in [6, 6.07) is 5.24. The van der Waals surface area contributed by atoms with E-state index in [0.29, 0.717) is 22.3 Å². The molecular weight excluding hydrogens is 247 g/mol. The molecule has 0 unspecified atom stereocenters. The highest BCUT2D eigenvalue weighted by molar-refractivity contribution is 6.32. The Bertz CT molecular complexity index is 392. The van der Waals surface area contributed by atoms with Gasteiger partial charge in [0.2, 0.25) is 0 Å². The zero-order valence-corrected chi connectivity index (χ0v) is 10.7. The number of hydrogen-bond acceptors (Lipinski definition) is 2. The van der Waals surface area contributed by atoms with E-state index in [1.54, 1.807) is 18.2 Å². The molecule has 0 heterocycles. The van der Waals surface area contributed by atoms with Crippen LogP contribution in [0.1, 0.15) is 13.8 Å². The van der Waals surface area contributed by atoms with Crippen LogP contribution in [0.15, 0.2) is 23.2 Å². The molecule has 5 heteroatoms. The summed E-state index contributed by atoms with van der Waals surface area (Å²) in [5.41, 5.74) is 6.18. The van der Waals surface area contributed by atoms with E-state index in [0.717, 1.165) is 0 Å². The van der Waals surface area contributed by atoms with E-state index in [4.69, 9.17) is 33.7 Å². The van der Waals surface area contributed by atoms with Crippen molar-refractivity contribution in [1.82, 2.24) is 0 Å². The van der Waals surface area contributed by atoms with Crippen molar-refractivity contribution in [1.29, 1.82) is 0 Å². The normalized spacial score (nSPS) is 11.9. The third-order valence-corrected chi connectivity index (χ3v) is 2.26. The molecule has 0 aliphatic heterocycles. The van der Waals surface area contributed by atoms with E-state index in [2.05, 4.69) is 4.99 Å². The van der Waals surface area contributed by atoms with Crippen LogP contribution in [0.4, 0.5) is 5.69 Å². The van der Waals surface area contributed by atoms with Crippen LogP contribution >= 0.6 is 23.2 Å². The van der Waals surface area contributed by atoms with Gasteiger partial charge in [-0.2, -0.15) is 0 Å². The van der Waals surface area contributed by atoms with Gasteiger partial charge in [-0.15, -0.1) is 11.6 Å². The number of halogens is 2. The molecule has 0 aliphatic rings. The van der Waals surface area contributed by atoms with Gasteiger partial charge >= 0.3 is 0 Å². The van der Waals surface area contributed by atoms with Crippen molar-refractivity contribution in [2.24, 2.45) is 10.7 Å². The number of nitrogens with zero attached hydrogens (tertiary/aromatic N) is 1. The molecule has 0 aromatic heterocycles. The van der Waals surface area contributed by atoms with Gasteiger partial charge < -0.3 is 10.5 Å². The lowest BCUT2D eigenvalue weighted by Gasteiger charge is -2.11. The summed E-state index contributed by atoms with van der Waals surface area (Å²) in [5.74, 6) is 1.19. The second kappa shape index (κ2) is 5.97. The fourth-order valence-electron chi connectivity index (χ4n) is 1.10. The predicted molar refractivity (Wildman–Crippen MR) is 69.2 cm³/mol. The summed E-state index contributed by atoms with van der Waals surface area (Å²) < 4.78 is 5.49. The Labute approximate surface area is 105 Å². The second-order valence-corrected chi connectivity index (χ2v) is 4.19. The van der Waals surface area contributed by atoms with Crippen molar-refractivity contribution in [2.45, 2.75) is 20.0 Å². The van der Waals surface area contributed by atoms with E-state index in [9.17, 15) is 0 Å². The Hall–Kier alpha value is -0.930. The minimum atomic E-state index is 0.0831. The molecule has 2 N–H and O–H groups in total. The lowest BCUT2D eigenvalue weighted by molar-refractivity contribution is 0.242. The molecule has 0 aliphatic carbocycles. The molecule has 0 amide bonds. The standard InChI is InChI=1S/C11H14Cl2N2O/c1-7(2)16-10-4-3-8(5-9(10)13)15-11(14)6-12/h3-5,7H,6H2,1-2H3,(H2,14,15). The predicted octanol–water partition coefficient (Wildman–Crippen LogP) is 3.35. The van der Waals surface area contributed by atoms with Gasteiger partial charge in [0.05, 0.1) is 22.7 Å². The second-order valence-electron chi connectivity index (χ2n) is 3.52. The fourth-order valence-corrected chi connectivity index (χ4v) is 1.38. The number of rotatable bonds is 4. The van der Waals surface area contributed by atoms with Crippen molar-refractivity contribution in [3.8, 4) is 5.75 Å². The highest BCUT2D eigenvalue weighted by Crippen LogP contribution is 2.29. The average molecular weight is 261 g/mol. The van der Waals surface area contributed by atoms with E-state index >= 15 is 0 Å². The molecule has 1 rings (SSSR count). The summed E-state index contributed by atoms with van der Waals surface area (Å²) in [4.78, 5) is 4.08. The van der Waals surface area contributed by atoms with Crippen LogP contribution in [-0.2, 0) is 0 Å². The Morgan fingerprint density at radius 2 is 2.19 bits per heavy atom. The third kappa shape index (κ3) is 3.91. The van der Waals surface area contributed by atoms with Gasteiger partial charge in [0.15, 0.2) is 0 Å². The van der Waals surface area contributed by atoms with Crippen molar-refractivity contribution in [2.75, 3.05) is 5.88 Å². The maximum atomic E-state index is 6.03. The van der Waals surface area contributed by atoms with Gasteiger partial charge in [-0.1, -0.05) is 11.6 Å². The van der Waals surface area contributed by atoms with Gasteiger partial charge in [0.1, 0.15) is 11.6 Å². The van der Waals surface area contributed by atoms with Gasteiger partial charge in [0.25, 0.3) is 0 Å². The van der Waals surface area contributed by atoms with Crippen LogP contribution in [0.5, 0.6) is 5.75 Å². The summed E-state index contributed by atoms with van der Waals surface area (Å²) in [6.45, 7) is 3.88. The first kappa shape index (κ1) is 13.1. The topological polar surface area (TPSA) is 47.6 Å².